The van der Waals surface area contributed by atoms with Gasteiger partial charge in [0.25, 0.3) is 5.91 Å². The second kappa shape index (κ2) is 10.3. The number of amides is 1. The molecule has 0 saturated carbocycles. The minimum absolute atomic E-state index is 0.00892. The van der Waals surface area contributed by atoms with Crippen LogP contribution in [0.15, 0.2) is 65.7 Å². The van der Waals surface area contributed by atoms with Crippen molar-refractivity contribution in [3.05, 3.63) is 76.9 Å². The summed E-state index contributed by atoms with van der Waals surface area (Å²) in [7, 11) is -2.37. The van der Waals surface area contributed by atoms with Gasteiger partial charge in [0.2, 0.25) is 15.9 Å². The first kappa shape index (κ1) is 25.3. The average Bonchev–Trinajstić information content (AvgIpc) is 2.77. The Kier molecular flexibility index (Phi) is 7.64. The highest BCUT2D eigenvalue weighted by Crippen LogP contribution is 2.28. The Hall–Kier alpha value is -3.35. The van der Waals surface area contributed by atoms with Crippen molar-refractivity contribution in [1.29, 1.82) is 0 Å². The molecule has 8 nitrogen and oxygen atoms in total. The molecule has 0 aliphatic carbocycles. The molecule has 0 fully saturated rings. The molecule has 0 atom stereocenters. The number of nitrogens with one attached hydrogen (secondary N) is 2. The number of aromatic nitrogens is 1. The third kappa shape index (κ3) is 6.83. The highest BCUT2D eigenvalue weighted by molar-refractivity contribution is 7.89. The van der Waals surface area contributed by atoms with Gasteiger partial charge in [0.1, 0.15) is 11.5 Å². The van der Waals surface area contributed by atoms with Crippen molar-refractivity contribution in [3.8, 4) is 17.4 Å². The zero-order chi connectivity index (χ0) is 24.9. The molecule has 0 bridgehead atoms. The van der Waals surface area contributed by atoms with Gasteiger partial charge in [-0.2, -0.15) is 0 Å². The van der Waals surface area contributed by atoms with Gasteiger partial charge in [-0.25, -0.2) is 18.1 Å². The SMILES string of the molecule is CNS(=O)(=O)c1ccc(CNC(=O)c2ccc(Oc3cccc(OC(F)(F)F)c3)nc2)c(Cl)c1. The Labute approximate surface area is 197 Å². The number of ether oxygens (including phenoxy) is 2. The first-order chi connectivity index (χ1) is 16.0. The first-order valence-electron chi connectivity index (χ1n) is 9.47. The van der Waals surface area contributed by atoms with Crippen LogP contribution in [-0.2, 0) is 16.6 Å². The minimum atomic E-state index is -4.83. The molecule has 180 valence electrons. The summed E-state index contributed by atoms with van der Waals surface area (Å²) in [6.45, 7) is 0.0296. The van der Waals surface area contributed by atoms with Crippen molar-refractivity contribution in [1.82, 2.24) is 15.0 Å². The van der Waals surface area contributed by atoms with Crippen LogP contribution >= 0.6 is 11.6 Å². The van der Waals surface area contributed by atoms with Gasteiger partial charge in [-0.05, 0) is 42.9 Å². The second-order valence-corrected chi connectivity index (χ2v) is 8.95. The normalized spacial score (nSPS) is 11.7. The van der Waals surface area contributed by atoms with Crippen LogP contribution in [0.3, 0.4) is 0 Å². The summed E-state index contributed by atoms with van der Waals surface area (Å²) in [5.41, 5.74) is 0.686. The van der Waals surface area contributed by atoms with E-state index in [1.807, 2.05) is 0 Å². The number of sulfonamides is 1. The summed E-state index contributed by atoms with van der Waals surface area (Å²) in [6, 6.07) is 11.8. The molecule has 2 aromatic carbocycles. The lowest BCUT2D eigenvalue weighted by molar-refractivity contribution is -0.274. The van der Waals surface area contributed by atoms with Crippen molar-refractivity contribution in [2.45, 2.75) is 17.8 Å². The van der Waals surface area contributed by atoms with Gasteiger partial charge in [-0.3, -0.25) is 4.79 Å². The first-order valence-corrected chi connectivity index (χ1v) is 11.3. The number of carbonyl (C=O) groups is 1. The van der Waals surface area contributed by atoms with Crippen molar-refractivity contribution in [2.75, 3.05) is 7.05 Å². The van der Waals surface area contributed by atoms with E-state index in [-0.39, 0.29) is 33.7 Å². The van der Waals surface area contributed by atoms with Crippen molar-refractivity contribution < 1.29 is 35.9 Å². The Morgan fingerprint density at radius 1 is 1.09 bits per heavy atom. The fourth-order valence-corrected chi connectivity index (χ4v) is 3.73. The molecule has 0 radical (unpaired) electrons. The largest absolute Gasteiger partial charge is 0.573 e. The van der Waals surface area contributed by atoms with Crippen LogP contribution in [0, 0.1) is 0 Å². The lowest BCUT2D eigenvalue weighted by atomic mass is 10.2. The highest BCUT2D eigenvalue weighted by Gasteiger charge is 2.31. The Bertz CT molecular complexity index is 1290. The molecule has 13 heteroatoms. The Morgan fingerprint density at radius 2 is 1.82 bits per heavy atom. The molecule has 1 heterocycles. The summed E-state index contributed by atoms with van der Waals surface area (Å²) in [5, 5.41) is 2.80. The zero-order valence-electron chi connectivity index (χ0n) is 17.4. The number of hydrogen-bond donors (Lipinski definition) is 2. The zero-order valence-corrected chi connectivity index (χ0v) is 19.0. The number of pyridine rings is 1. The molecule has 34 heavy (non-hydrogen) atoms. The van der Waals surface area contributed by atoms with Gasteiger partial charge in [0.05, 0.1) is 10.5 Å². The molecule has 0 aliphatic rings. The summed E-state index contributed by atoms with van der Waals surface area (Å²) in [4.78, 5) is 16.4. The molecule has 0 saturated heterocycles. The van der Waals surface area contributed by atoms with Crippen molar-refractivity contribution in [2.24, 2.45) is 0 Å². The van der Waals surface area contributed by atoms with E-state index in [0.717, 1.165) is 12.1 Å². The summed E-state index contributed by atoms with van der Waals surface area (Å²) >= 11 is 6.12. The maximum Gasteiger partial charge on any atom is 0.573 e. The van der Waals surface area contributed by atoms with Gasteiger partial charge in [0, 0.05) is 29.9 Å². The highest BCUT2D eigenvalue weighted by atomic mass is 35.5. The standard InChI is InChI=1S/C21H17ClF3N3O5S/c1-26-34(30,31)17-7-5-13(18(22)10-17)11-28-20(29)14-6-8-19(27-12-14)32-15-3-2-4-16(9-15)33-21(23,24)25/h2-10,12,26H,11H2,1H3,(H,28,29). The van der Waals surface area contributed by atoms with Gasteiger partial charge >= 0.3 is 6.36 Å². The topological polar surface area (TPSA) is 107 Å². The third-order valence-electron chi connectivity index (χ3n) is 4.30. The molecule has 3 aromatic rings. The number of halogens is 4. The van der Waals surface area contributed by atoms with E-state index >= 15 is 0 Å². The van der Waals surface area contributed by atoms with E-state index in [9.17, 15) is 26.4 Å². The number of alkyl halides is 3. The molecular formula is C21H17ClF3N3O5S. The number of hydrogen-bond acceptors (Lipinski definition) is 6. The molecule has 0 aliphatic heterocycles. The van der Waals surface area contributed by atoms with Crippen molar-refractivity contribution >= 4 is 27.5 Å². The van der Waals surface area contributed by atoms with E-state index in [1.54, 1.807) is 0 Å². The molecule has 0 spiro atoms. The maximum absolute atomic E-state index is 12.4. The predicted octanol–water partition coefficient (Wildman–Crippen LogP) is 4.26. The van der Waals surface area contributed by atoms with Crippen LogP contribution in [0.1, 0.15) is 15.9 Å². The van der Waals surface area contributed by atoms with Crippen LogP contribution < -0.4 is 19.5 Å². The lowest BCUT2D eigenvalue weighted by Gasteiger charge is -2.11. The Morgan fingerprint density at radius 3 is 2.44 bits per heavy atom. The molecule has 1 aromatic heterocycles. The van der Waals surface area contributed by atoms with Crippen LogP contribution in [0.2, 0.25) is 5.02 Å². The lowest BCUT2D eigenvalue weighted by Crippen LogP contribution is -2.23. The molecular weight excluding hydrogens is 499 g/mol. The Balaban J connectivity index is 1.61. The van der Waals surface area contributed by atoms with Gasteiger partial charge in [0.15, 0.2) is 0 Å². The minimum Gasteiger partial charge on any atom is -0.439 e. The van der Waals surface area contributed by atoms with E-state index in [1.165, 1.54) is 55.7 Å². The summed E-state index contributed by atoms with van der Waals surface area (Å²) in [5.74, 6) is -0.825. The van der Waals surface area contributed by atoms with Gasteiger partial charge in [-0.15, -0.1) is 13.2 Å². The summed E-state index contributed by atoms with van der Waals surface area (Å²) in [6.07, 6.45) is -3.60. The van der Waals surface area contributed by atoms with Crippen LogP contribution in [0.5, 0.6) is 17.4 Å². The van der Waals surface area contributed by atoms with E-state index in [2.05, 4.69) is 19.8 Å². The van der Waals surface area contributed by atoms with E-state index < -0.39 is 28.0 Å². The average molecular weight is 516 g/mol. The third-order valence-corrected chi connectivity index (χ3v) is 6.07. The molecule has 0 unspecified atom stereocenters. The summed E-state index contributed by atoms with van der Waals surface area (Å²) < 4.78 is 72.1. The number of carbonyl (C=O) groups excluding carboxylic acids is 1. The second-order valence-electron chi connectivity index (χ2n) is 6.65. The predicted molar refractivity (Wildman–Crippen MR) is 116 cm³/mol. The number of rotatable bonds is 8. The van der Waals surface area contributed by atoms with Crippen LogP contribution in [-0.4, -0.2) is 32.7 Å². The van der Waals surface area contributed by atoms with Gasteiger partial charge in [-0.1, -0.05) is 23.7 Å². The van der Waals surface area contributed by atoms with Crippen LogP contribution in [0.25, 0.3) is 0 Å². The van der Waals surface area contributed by atoms with Gasteiger partial charge < -0.3 is 14.8 Å². The smallest absolute Gasteiger partial charge is 0.439 e. The molecule has 2 N–H and O–H groups in total. The fourth-order valence-electron chi connectivity index (χ4n) is 2.66. The van der Waals surface area contributed by atoms with Crippen LogP contribution in [0.4, 0.5) is 13.2 Å². The monoisotopic (exact) mass is 515 g/mol. The van der Waals surface area contributed by atoms with E-state index in [4.69, 9.17) is 16.3 Å². The van der Waals surface area contributed by atoms with E-state index in [0.29, 0.717) is 5.56 Å². The quantitative estimate of drug-likeness (QED) is 0.464. The molecule has 1 amide bonds. The maximum atomic E-state index is 12.4. The number of benzene rings is 2. The fraction of sp³-hybridized carbons (Fsp3) is 0.143. The van der Waals surface area contributed by atoms with Crippen molar-refractivity contribution in [3.63, 3.8) is 0 Å². The number of nitrogens with zero attached hydrogens (tertiary/aromatic N) is 1. The molecule has 3 rings (SSSR count).